The summed E-state index contributed by atoms with van der Waals surface area (Å²) in [5, 5.41) is 4.37. The Labute approximate surface area is 180 Å². The van der Waals surface area contributed by atoms with Crippen molar-refractivity contribution < 1.29 is 13.7 Å². The van der Waals surface area contributed by atoms with Crippen LogP contribution in [0.2, 0.25) is 5.02 Å². The average Bonchev–Trinajstić information content (AvgIpc) is 3.13. The number of fused-ring (bicyclic) bond motifs is 1. The number of nitrogens with one attached hydrogen (secondary N) is 2. The molecule has 1 amide bonds. The number of nitrogens with zero attached hydrogens (tertiary/aromatic N) is 3. The fraction of sp³-hybridized carbons (Fsp3) is 0.143. The zero-order chi connectivity index (χ0) is 22.1. The minimum absolute atomic E-state index is 0.00526. The average molecular weight is 442 g/mol. The van der Waals surface area contributed by atoms with Crippen molar-refractivity contribution >= 4 is 34.4 Å². The molecule has 0 fully saturated rings. The summed E-state index contributed by atoms with van der Waals surface area (Å²) in [4.78, 5) is 30.0. The van der Waals surface area contributed by atoms with Gasteiger partial charge < -0.3 is 4.52 Å². The predicted molar refractivity (Wildman–Crippen MR) is 114 cm³/mol. The van der Waals surface area contributed by atoms with Gasteiger partial charge in [-0.1, -0.05) is 35.0 Å². The first-order chi connectivity index (χ1) is 14.9. The molecule has 0 saturated carbocycles. The zero-order valence-corrected chi connectivity index (χ0v) is 17.3. The Bertz CT molecular complexity index is 1340. The molecule has 0 aliphatic carbocycles. The van der Waals surface area contributed by atoms with Gasteiger partial charge in [-0.25, -0.2) is 9.37 Å². The maximum atomic E-state index is 14.4. The molecule has 0 spiro atoms. The van der Waals surface area contributed by atoms with Crippen LogP contribution in [0.25, 0.3) is 22.2 Å². The highest BCUT2D eigenvalue weighted by Gasteiger charge is 2.25. The van der Waals surface area contributed by atoms with Crippen molar-refractivity contribution in [2.24, 2.45) is 0 Å². The predicted octanol–water partition coefficient (Wildman–Crippen LogP) is 3.93. The summed E-state index contributed by atoms with van der Waals surface area (Å²) in [6.07, 6.45) is 0. The molecule has 2 heterocycles. The maximum Gasteiger partial charge on any atom is 0.275 e. The van der Waals surface area contributed by atoms with E-state index in [-0.39, 0.29) is 39.1 Å². The number of rotatable bonds is 5. The van der Waals surface area contributed by atoms with E-state index in [1.807, 2.05) is 0 Å². The fourth-order valence-corrected chi connectivity index (χ4v) is 3.52. The topological polar surface area (TPSA) is 102 Å². The first kappa shape index (κ1) is 20.5. The quantitative estimate of drug-likeness (QED) is 0.455. The lowest BCUT2D eigenvalue weighted by Gasteiger charge is -2.14. The van der Waals surface area contributed by atoms with Crippen LogP contribution >= 0.6 is 11.6 Å². The SMILES string of the molecule is CCn1c(NNC(=O)c2c(-c3c(F)cccc3Cl)noc2C)nc2ccccc2c1=O. The number of carbonyl (C=O) groups is 1. The van der Waals surface area contributed by atoms with Crippen molar-refractivity contribution in [3.05, 3.63) is 75.0 Å². The van der Waals surface area contributed by atoms with Gasteiger partial charge in [-0.15, -0.1) is 0 Å². The molecule has 0 aliphatic rings. The van der Waals surface area contributed by atoms with Crippen LogP contribution in [-0.4, -0.2) is 20.6 Å². The number of anilines is 1. The molecule has 0 bridgehead atoms. The van der Waals surface area contributed by atoms with Crippen LogP contribution < -0.4 is 16.4 Å². The molecule has 10 heteroatoms. The number of halogens is 2. The van der Waals surface area contributed by atoms with Crippen LogP contribution in [0.15, 0.2) is 51.8 Å². The molecular formula is C21H17ClFN5O3. The molecular weight excluding hydrogens is 425 g/mol. The summed E-state index contributed by atoms with van der Waals surface area (Å²) in [5.74, 6) is -0.968. The Hall–Kier alpha value is -3.72. The monoisotopic (exact) mass is 441 g/mol. The maximum absolute atomic E-state index is 14.4. The van der Waals surface area contributed by atoms with E-state index in [0.717, 1.165) is 0 Å². The van der Waals surface area contributed by atoms with Gasteiger partial charge in [0.2, 0.25) is 5.95 Å². The largest absolute Gasteiger partial charge is 0.360 e. The van der Waals surface area contributed by atoms with Crippen LogP contribution in [0.4, 0.5) is 10.3 Å². The molecule has 31 heavy (non-hydrogen) atoms. The molecule has 0 saturated heterocycles. The molecule has 158 valence electrons. The summed E-state index contributed by atoms with van der Waals surface area (Å²) in [5.41, 5.74) is 5.33. The third kappa shape index (κ3) is 3.64. The normalized spacial score (nSPS) is 11.0. The molecule has 4 aromatic rings. The van der Waals surface area contributed by atoms with E-state index in [1.54, 1.807) is 31.2 Å². The first-order valence-electron chi connectivity index (χ1n) is 9.39. The summed E-state index contributed by atoms with van der Waals surface area (Å²) >= 11 is 6.12. The van der Waals surface area contributed by atoms with Gasteiger partial charge in [0.1, 0.15) is 22.8 Å². The number of carbonyl (C=O) groups excluding carboxylic acids is 1. The van der Waals surface area contributed by atoms with Crippen LogP contribution in [-0.2, 0) is 6.54 Å². The lowest BCUT2D eigenvalue weighted by Crippen LogP contribution is -2.34. The van der Waals surface area contributed by atoms with Crippen molar-refractivity contribution in [1.29, 1.82) is 0 Å². The Morgan fingerprint density at radius 1 is 1.23 bits per heavy atom. The second kappa shape index (κ2) is 8.19. The number of hydrogen-bond donors (Lipinski definition) is 2. The summed E-state index contributed by atoms with van der Waals surface area (Å²) in [6.45, 7) is 3.64. The van der Waals surface area contributed by atoms with Crippen LogP contribution in [0.3, 0.4) is 0 Å². The summed E-state index contributed by atoms with van der Waals surface area (Å²) < 4.78 is 20.9. The van der Waals surface area contributed by atoms with Gasteiger partial charge >= 0.3 is 0 Å². The van der Waals surface area contributed by atoms with Gasteiger partial charge in [0, 0.05) is 6.54 Å². The van der Waals surface area contributed by atoms with E-state index in [9.17, 15) is 14.0 Å². The lowest BCUT2D eigenvalue weighted by atomic mass is 10.1. The van der Waals surface area contributed by atoms with E-state index in [1.165, 1.54) is 29.7 Å². The number of para-hydroxylation sites is 1. The lowest BCUT2D eigenvalue weighted by molar-refractivity contribution is 0.0961. The number of hydrazine groups is 1. The Morgan fingerprint density at radius 3 is 2.74 bits per heavy atom. The van der Waals surface area contributed by atoms with E-state index >= 15 is 0 Å². The number of aryl methyl sites for hydroxylation is 1. The number of aromatic nitrogens is 3. The highest BCUT2D eigenvalue weighted by molar-refractivity contribution is 6.33. The number of benzene rings is 2. The molecule has 0 unspecified atom stereocenters. The van der Waals surface area contributed by atoms with E-state index in [0.29, 0.717) is 17.4 Å². The molecule has 4 rings (SSSR count). The third-order valence-corrected chi connectivity index (χ3v) is 5.07. The summed E-state index contributed by atoms with van der Waals surface area (Å²) in [7, 11) is 0. The Morgan fingerprint density at radius 2 is 2.00 bits per heavy atom. The standard InChI is InChI=1S/C21H17ClFN5O3/c1-3-28-20(30)12-7-4-5-10-15(12)24-21(28)26-25-19(29)16-11(2)31-27-18(16)17-13(22)8-6-9-14(17)23/h4-10H,3H2,1-2H3,(H,24,26)(H,25,29). The van der Waals surface area contributed by atoms with Crippen molar-refractivity contribution in [3.8, 4) is 11.3 Å². The molecule has 2 N–H and O–H groups in total. The minimum Gasteiger partial charge on any atom is -0.360 e. The second-order valence-corrected chi connectivity index (χ2v) is 7.05. The van der Waals surface area contributed by atoms with Gasteiger partial charge in [0.25, 0.3) is 11.5 Å². The van der Waals surface area contributed by atoms with E-state index in [4.69, 9.17) is 16.1 Å². The molecule has 0 aliphatic heterocycles. The number of amides is 1. The Balaban J connectivity index is 1.69. The van der Waals surface area contributed by atoms with Gasteiger partial charge in [0.15, 0.2) is 0 Å². The molecule has 0 radical (unpaired) electrons. The van der Waals surface area contributed by atoms with Gasteiger partial charge in [-0.2, -0.15) is 0 Å². The van der Waals surface area contributed by atoms with E-state index < -0.39 is 11.7 Å². The van der Waals surface area contributed by atoms with Crippen molar-refractivity contribution in [1.82, 2.24) is 20.1 Å². The molecule has 2 aromatic heterocycles. The Kier molecular flexibility index (Phi) is 5.43. The molecule has 0 atom stereocenters. The van der Waals surface area contributed by atoms with Crippen LogP contribution in [0.5, 0.6) is 0 Å². The minimum atomic E-state index is -0.655. The van der Waals surface area contributed by atoms with Gasteiger partial charge in [-0.3, -0.25) is 25.0 Å². The summed E-state index contributed by atoms with van der Waals surface area (Å²) in [6, 6.07) is 11.1. The first-order valence-corrected chi connectivity index (χ1v) is 9.76. The van der Waals surface area contributed by atoms with Crippen molar-refractivity contribution in [2.75, 3.05) is 5.43 Å². The molecule has 2 aromatic carbocycles. The zero-order valence-electron chi connectivity index (χ0n) is 16.6. The van der Waals surface area contributed by atoms with Crippen LogP contribution in [0.1, 0.15) is 23.0 Å². The van der Waals surface area contributed by atoms with Gasteiger partial charge in [0.05, 0.1) is 21.5 Å². The number of hydrogen-bond acceptors (Lipinski definition) is 6. The van der Waals surface area contributed by atoms with Crippen LogP contribution in [0, 0.1) is 12.7 Å². The highest BCUT2D eigenvalue weighted by atomic mass is 35.5. The van der Waals surface area contributed by atoms with Crippen molar-refractivity contribution in [3.63, 3.8) is 0 Å². The van der Waals surface area contributed by atoms with Gasteiger partial charge in [-0.05, 0) is 38.1 Å². The molecule has 8 nitrogen and oxygen atoms in total. The second-order valence-electron chi connectivity index (χ2n) is 6.64. The fourth-order valence-electron chi connectivity index (χ4n) is 3.27. The smallest absolute Gasteiger partial charge is 0.275 e. The van der Waals surface area contributed by atoms with E-state index in [2.05, 4.69) is 21.0 Å². The van der Waals surface area contributed by atoms with Crippen molar-refractivity contribution in [2.45, 2.75) is 20.4 Å². The third-order valence-electron chi connectivity index (χ3n) is 4.76. The highest BCUT2D eigenvalue weighted by Crippen LogP contribution is 2.33.